The first kappa shape index (κ1) is 16.9. The van der Waals surface area contributed by atoms with Crippen molar-refractivity contribution in [3.05, 3.63) is 64.7 Å². The summed E-state index contributed by atoms with van der Waals surface area (Å²) in [6.45, 7) is 7.53. The van der Waals surface area contributed by atoms with E-state index in [1.165, 1.54) is 0 Å². The molecule has 1 N–H and O–H groups in total. The van der Waals surface area contributed by atoms with Gasteiger partial charge in [-0.05, 0) is 32.4 Å². The van der Waals surface area contributed by atoms with Crippen LogP contribution in [0.15, 0.2) is 36.4 Å². The van der Waals surface area contributed by atoms with Crippen LogP contribution in [0.5, 0.6) is 0 Å². The van der Waals surface area contributed by atoms with Crippen LogP contribution in [-0.2, 0) is 13.1 Å². The van der Waals surface area contributed by atoms with Crippen molar-refractivity contribution in [2.24, 2.45) is 0 Å². The molecule has 1 aromatic carbocycles. The van der Waals surface area contributed by atoms with Gasteiger partial charge in [-0.15, -0.1) is 5.10 Å². The molecule has 3 aromatic rings. The zero-order valence-electron chi connectivity index (χ0n) is 14.7. The lowest BCUT2D eigenvalue weighted by molar-refractivity contribution is 0.0946. The second-order valence-electron chi connectivity index (χ2n) is 6.07. The number of hydrogen-bond donors (Lipinski definition) is 1. The fourth-order valence-electron chi connectivity index (χ4n) is 2.74. The standard InChI is InChI=1S/C18H22N6O/c1-13-11-14(2)23(21-13)10-9-19-18(25)17-15(3)24(22-20-17)12-16-7-5-4-6-8-16/h4-8,11H,9-10,12H2,1-3H3,(H,19,25). The fraction of sp³-hybridized carbons (Fsp3) is 0.333. The van der Waals surface area contributed by atoms with E-state index in [9.17, 15) is 4.79 Å². The Balaban J connectivity index is 1.60. The van der Waals surface area contributed by atoms with Gasteiger partial charge in [-0.2, -0.15) is 5.10 Å². The van der Waals surface area contributed by atoms with Gasteiger partial charge in [0.25, 0.3) is 5.91 Å². The Morgan fingerprint density at radius 3 is 2.56 bits per heavy atom. The summed E-state index contributed by atoms with van der Waals surface area (Å²) in [4.78, 5) is 12.4. The van der Waals surface area contributed by atoms with Crippen molar-refractivity contribution < 1.29 is 4.79 Å². The molecule has 2 heterocycles. The summed E-state index contributed by atoms with van der Waals surface area (Å²) < 4.78 is 3.62. The number of rotatable bonds is 6. The van der Waals surface area contributed by atoms with Crippen molar-refractivity contribution in [3.63, 3.8) is 0 Å². The average Bonchev–Trinajstić information content (AvgIpc) is 3.11. The van der Waals surface area contributed by atoms with Gasteiger partial charge in [0.05, 0.1) is 24.5 Å². The highest BCUT2D eigenvalue weighted by atomic mass is 16.2. The maximum atomic E-state index is 12.4. The van der Waals surface area contributed by atoms with Crippen LogP contribution in [0, 0.1) is 20.8 Å². The van der Waals surface area contributed by atoms with E-state index < -0.39 is 0 Å². The van der Waals surface area contributed by atoms with Crippen molar-refractivity contribution >= 4 is 5.91 Å². The number of benzene rings is 1. The van der Waals surface area contributed by atoms with Crippen molar-refractivity contribution in [1.82, 2.24) is 30.1 Å². The van der Waals surface area contributed by atoms with Gasteiger partial charge in [-0.1, -0.05) is 35.5 Å². The average molecular weight is 338 g/mol. The number of aromatic nitrogens is 5. The lowest BCUT2D eigenvalue weighted by Gasteiger charge is -2.07. The molecule has 0 bridgehead atoms. The van der Waals surface area contributed by atoms with Crippen molar-refractivity contribution in [2.75, 3.05) is 6.54 Å². The quantitative estimate of drug-likeness (QED) is 0.744. The number of carbonyl (C=O) groups is 1. The van der Waals surface area contributed by atoms with E-state index in [1.54, 1.807) is 4.68 Å². The van der Waals surface area contributed by atoms with Crippen molar-refractivity contribution in [1.29, 1.82) is 0 Å². The van der Waals surface area contributed by atoms with Crippen LogP contribution in [0.25, 0.3) is 0 Å². The van der Waals surface area contributed by atoms with Crippen LogP contribution >= 0.6 is 0 Å². The Bertz CT molecular complexity index is 865. The van der Waals surface area contributed by atoms with E-state index in [0.29, 0.717) is 25.3 Å². The molecule has 7 heteroatoms. The monoisotopic (exact) mass is 338 g/mol. The Labute approximate surface area is 146 Å². The number of nitrogens with one attached hydrogen (secondary N) is 1. The summed E-state index contributed by atoms with van der Waals surface area (Å²) in [5, 5.41) is 15.4. The number of carbonyl (C=O) groups excluding carboxylic acids is 1. The third kappa shape index (κ3) is 3.93. The predicted molar refractivity (Wildman–Crippen MR) is 94.3 cm³/mol. The SMILES string of the molecule is Cc1cc(C)n(CCNC(=O)c2nnn(Cc3ccccc3)c2C)n1. The summed E-state index contributed by atoms with van der Waals surface area (Å²) in [5.41, 5.74) is 4.30. The van der Waals surface area contributed by atoms with E-state index in [-0.39, 0.29) is 5.91 Å². The second kappa shape index (κ2) is 7.29. The van der Waals surface area contributed by atoms with E-state index in [4.69, 9.17) is 0 Å². The Hall–Kier alpha value is -2.96. The third-order valence-electron chi connectivity index (χ3n) is 4.09. The molecule has 0 aliphatic carbocycles. The van der Waals surface area contributed by atoms with Gasteiger partial charge in [0.15, 0.2) is 5.69 Å². The van der Waals surface area contributed by atoms with Crippen molar-refractivity contribution in [3.8, 4) is 0 Å². The molecule has 2 aromatic heterocycles. The Morgan fingerprint density at radius 1 is 1.12 bits per heavy atom. The Kier molecular flexibility index (Phi) is 4.92. The molecule has 0 fully saturated rings. The highest BCUT2D eigenvalue weighted by Crippen LogP contribution is 2.08. The molecule has 0 aliphatic heterocycles. The fourth-order valence-corrected chi connectivity index (χ4v) is 2.74. The van der Waals surface area contributed by atoms with Gasteiger partial charge in [0.1, 0.15) is 0 Å². The van der Waals surface area contributed by atoms with Crippen molar-refractivity contribution in [2.45, 2.75) is 33.9 Å². The molecule has 3 rings (SSSR count). The highest BCUT2D eigenvalue weighted by molar-refractivity contribution is 5.93. The van der Waals surface area contributed by atoms with E-state index in [0.717, 1.165) is 22.6 Å². The lowest BCUT2D eigenvalue weighted by Crippen LogP contribution is -2.28. The molecular weight excluding hydrogens is 316 g/mol. The number of nitrogens with zero attached hydrogens (tertiary/aromatic N) is 5. The summed E-state index contributed by atoms with van der Waals surface area (Å²) in [6, 6.07) is 12.0. The molecule has 0 saturated heterocycles. The van der Waals surface area contributed by atoms with Crippen LogP contribution in [0.1, 0.15) is 33.1 Å². The molecule has 130 valence electrons. The minimum absolute atomic E-state index is 0.210. The van der Waals surface area contributed by atoms with Crippen LogP contribution in [0.4, 0.5) is 0 Å². The largest absolute Gasteiger partial charge is 0.349 e. The van der Waals surface area contributed by atoms with Gasteiger partial charge in [0.2, 0.25) is 0 Å². The molecule has 7 nitrogen and oxygen atoms in total. The zero-order valence-corrected chi connectivity index (χ0v) is 14.7. The van der Waals surface area contributed by atoms with Gasteiger partial charge < -0.3 is 5.32 Å². The van der Waals surface area contributed by atoms with Gasteiger partial charge in [0, 0.05) is 12.2 Å². The molecule has 25 heavy (non-hydrogen) atoms. The molecule has 0 unspecified atom stereocenters. The maximum Gasteiger partial charge on any atom is 0.273 e. The third-order valence-corrected chi connectivity index (χ3v) is 4.09. The molecule has 1 amide bonds. The normalized spacial score (nSPS) is 10.8. The minimum Gasteiger partial charge on any atom is -0.349 e. The predicted octanol–water partition coefficient (Wildman–Crippen LogP) is 1.88. The summed E-state index contributed by atoms with van der Waals surface area (Å²) >= 11 is 0. The minimum atomic E-state index is -0.210. The van der Waals surface area contributed by atoms with Crippen LogP contribution in [0.2, 0.25) is 0 Å². The van der Waals surface area contributed by atoms with Crippen LogP contribution in [0.3, 0.4) is 0 Å². The highest BCUT2D eigenvalue weighted by Gasteiger charge is 2.16. The lowest BCUT2D eigenvalue weighted by atomic mass is 10.2. The molecular formula is C18H22N6O. The smallest absolute Gasteiger partial charge is 0.273 e. The maximum absolute atomic E-state index is 12.4. The van der Waals surface area contributed by atoms with E-state index >= 15 is 0 Å². The number of hydrogen-bond acceptors (Lipinski definition) is 4. The molecule has 0 saturated carbocycles. The Morgan fingerprint density at radius 2 is 1.88 bits per heavy atom. The number of amides is 1. The number of aryl methyl sites for hydroxylation is 2. The summed E-state index contributed by atoms with van der Waals surface area (Å²) in [6.07, 6.45) is 0. The van der Waals surface area contributed by atoms with Gasteiger partial charge in [-0.3, -0.25) is 9.48 Å². The molecule has 0 radical (unpaired) electrons. The summed E-state index contributed by atoms with van der Waals surface area (Å²) in [7, 11) is 0. The first-order valence-corrected chi connectivity index (χ1v) is 8.28. The van der Waals surface area contributed by atoms with Gasteiger partial charge in [-0.25, -0.2) is 4.68 Å². The molecule has 0 spiro atoms. The molecule has 0 aliphatic rings. The van der Waals surface area contributed by atoms with E-state index in [1.807, 2.05) is 61.9 Å². The molecule has 0 atom stereocenters. The van der Waals surface area contributed by atoms with E-state index in [2.05, 4.69) is 20.7 Å². The first-order valence-electron chi connectivity index (χ1n) is 8.28. The topological polar surface area (TPSA) is 77.6 Å². The second-order valence-corrected chi connectivity index (χ2v) is 6.07. The summed E-state index contributed by atoms with van der Waals surface area (Å²) in [5.74, 6) is -0.210. The first-order chi connectivity index (χ1) is 12.0. The van der Waals surface area contributed by atoms with Gasteiger partial charge >= 0.3 is 0 Å². The zero-order chi connectivity index (χ0) is 17.8. The van der Waals surface area contributed by atoms with Crippen LogP contribution in [-0.4, -0.2) is 37.2 Å². The van der Waals surface area contributed by atoms with Crippen LogP contribution < -0.4 is 5.32 Å².